The van der Waals surface area contributed by atoms with E-state index in [9.17, 15) is 0 Å². The largest absolute Gasteiger partial charge is 0.455 e. The smallest absolute Gasteiger partial charge is 0.144 e. The second kappa shape index (κ2) is 9.59. The van der Waals surface area contributed by atoms with E-state index in [-0.39, 0.29) is 0 Å². The van der Waals surface area contributed by atoms with Gasteiger partial charge in [-0.3, -0.25) is 0 Å². The van der Waals surface area contributed by atoms with Gasteiger partial charge in [-0.1, -0.05) is 103 Å². The lowest BCUT2D eigenvalue weighted by Gasteiger charge is -2.27. The standard InChI is InChI=1S/C40H25NOS/c1-2-12-28(13-3-1)41(35-18-8-11-26-10-4-5-14-30(26)35)29-22-20-27(21-23-29)31-16-9-17-32-33-24-25-37-38(40(33)42-39(31)32)34-15-6-7-19-36(34)43-37/h1-25H. The summed E-state index contributed by atoms with van der Waals surface area (Å²) in [6.07, 6.45) is 0. The highest BCUT2D eigenvalue weighted by atomic mass is 32.1. The van der Waals surface area contributed by atoms with Gasteiger partial charge >= 0.3 is 0 Å². The van der Waals surface area contributed by atoms with Gasteiger partial charge in [0.15, 0.2) is 0 Å². The fourth-order valence-corrected chi connectivity index (χ4v) is 7.59. The summed E-state index contributed by atoms with van der Waals surface area (Å²) in [6, 6.07) is 54.1. The summed E-state index contributed by atoms with van der Waals surface area (Å²) in [5.41, 5.74) is 7.52. The summed E-state index contributed by atoms with van der Waals surface area (Å²) in [5, 5.41) is 7.22. The van der Waals surface area contributed by atoms with E-state index in [2.05, 4.69) is 157 Å². The van der Waals surface area contributed by atoms with Crippen molar-refractivity contribution in [3.05, 3.63) is 152 Å². The van der Waals surface area contributed by atoms with Crippen LogP contribution in [0.3, 0.4) is 0 Å². The number of hydrogen-bond donors (Lipinski definition) is 0. The molecule has 9 aromatic rings. The molecule has 0 spiro atoms. The van der Waals surface area contributed by atoms with Crippen LogP contribution in [-0.4, -0.2) is 0 Å². The number of para-hydroxylation sites is 2. The number of fused-ring (bicyclic) bond motifs is 8. The Bertz CT molecular complexity index is 2450. The molecule has 0 saturated carbocycles. The first-order valence-electron chi connectivity index (χ1n) is 14.5. The van der Waals surface area contributed by atoms with E-state index in [1.54, 1.807) is 0 Å². The van der Waals surface area contributed by atoms with Crippen molar-refractivity contribution < 1.29 is 4.42 Å². The Morgan fingerprint density at radius 3 is 2.00 bits per heavy atom. The summed E-state index contributed by atoms with van der Waals surface area (Å²) in [7, 11) is 0. The lowest BCUT2D eigenvalue weighted by molar-refractivity contribution is 0.674. The van der Waals surface area contributed by atoms with Crippen molar-refractivity contribution in [1.29, 1.82) is 0 Å². The molecule has 0 fully saturated rings. The molecule has 2 aromatic heterocycles. The van der Waals surface area contributed by atoms with E-state index in [0.29, 0.717) is 0 Å². The van der Waals surface area contributed by atoms with E-state index in [1.807, 2.05) is 11.3 Å². The summed E-state index contributed by atoms with van der Waals surface area (Å²) < 4.78 is 9.32. The van der Waals surface area contributed by atoms with Crippen molar-refractivity contribution >= 4 is 81.3 Å². The highest BCUT2D eigenvalue weighted by Gasteiger charge is 2.18. The van der Waals surface area contributed by atoms with Crippen molar-refractivity contribution in [1.82, 2.24) is 0 Å². The molecule has 2 nitrogen and oxygen atoms in total. The monoisotopic (exact) mass is 567 g/mol. The van der Waals surface area contributed by atoms with Crippen LogP contribution in [0.15, 0.2) is 156 Å². The van der Waals surface area contributed by atoms with Gasteiger partial charge in [0.1, 0.15) is 11.2 Å². The highest BCUT2D eigenvalue weighted by molar-refractivity contribution is 7.26. The van der Waals surface area contributed by atoms with Gasteiger partial charge in [-0.25, -0.2) is 0 Å². The average molecular weight is 568 g/mol. The Kier molecular flexibility index (Phi) is 5.40. The number of thiophene rings is 1. The van der Waals surface area contributed by atoms with Crippen LogP contribution < -0.4 is 4.90 Å². The zero-order valence-electron chi connectivity index (χ0n) is 23.2. The zero-order valence-corrected chi connectivity index (χ0v) is 24.0. The van der Waals surface area contributed by atoms with Gasteiger partial charge < -0.3 is 9.32 Å². The van der Waals surface area contributed by atoms with Crippen LogP contribution in [0.2, 0.25) is 0 Å². The molecule has 7 aromatic carbocycles. The minimum absolute atomic E-state index is 0.932. The maximum atomic E-state index is 6.78. The molecule has 9 rings (SSSR count). The molecule has 0 saturated heterocycles. The molecular weight excluding hydrogens is 543 g/mol. The van der Waals surface area contributed by atoms with Crippen molar-refractivity contribution in [2.24, 2.45) is 0 Å². The van der Waals surface area contributed by atoms with Crippen molar-refractivity contribution in [3.8, 4) is 11.1 Å². The Hall–Kier alpha value is -5.38. The van der Waals surface area contributed by atoms with Crippen molar-refractivity contribution in [3.63, 3.8) is 0 Å². The van der Waals surface area contributed by atoms with Gasteiger partial charge in [-0.15, -0.1) is 11.3 Å². The Morgan fingerprint density at radius 2 is 1.12 bits per heavy atom. The second-order valence-electron chi connectivity index (χ2n) is 10.9. The molecule has 0 radical (unpaired) electrons. The third kappa shape index (κ3) is 3.79. The summed E-state index contributed by atoms with van der Waals surface area (Å²) in [6.45, 7) is 0. The van der Waals surface area contributed by atoms with E-state index in [4.69, 9.17) is 4.42 Å². The summed E-state index contributed by atoms with van der Waals surface area (Å²) in [4.78, 5) is 2.34. The molecule has 0 aliphatic heterocycles. The zero-order chi connectivity index (χ0) is 28.3. The van der Waals surface area contributed by atoms with Crippen LogP contribution in [0.4, 0.5) is 17.1 Å². The third-order valence-corrected chi connectivity index (χ3v) is 9.60. The number of nitrogens with zero attached hydrogens (tertiary/aromatic N) is 1. The summed E-state index contributed by atoms with van der Waals surface area (Å²) >= 11 is 1.82. The third-order valence-electron chi connectivity index (χ3n) is 8.46. The normalized spacial score (nSPS) is 11.7. The van der Waals surface area contributed by atoms with Gasteiger partial charge in [-0.2, -0.15) is 0 Å². The molecule has 0 aliphatic rings. The average Bonchev–Trinajstić information content (AvgIpc) is 3.64. The predicted molar refractivity (Wildman–Crippen MR) is 184 cm³/mol. The minimum Gasteiger partial charge on any atom is -0.455 e. The Morgan fingerprint density at radius 1 is 0.442 bits per heavy atom. The quantitative estimate of drug-likeness (QED) is 0.210. The molecule has 0 N–H and O–H groups in total. The van der Waals surface area contributed by atoms with Crippen LogP contribution in [0.25, 0.3) is 64.0 Å². The van der Waals surface area contributed by atoms with Crippen LogP contribution in [-0.2, 0) is 0 Å². The molecule has 0 aliphatic carbocycles. The molecule has 0 unspecified atom stereocenters. The maximum absolute atomic E-state index is 6.78. The second-order valence-corrected chi connectivity index (χ2v) is 12.0. The van der Waals surface area contributed by atoms with Crippen LogP contribution in [0.1, 0.15) is 0 Å². The number of anilines is 3. The van der Waals surface area contributed by atoms with E-state index < -0.39 is 0 Å². The van der Waals surface area contributed by atoms with Gasteiger partial charge in [0.25, 0.3) is 0 Å². The molecule has 3 heteroatoms. The lowest BCUT2D eigenvalue weighted by atomic mass is 10.0. The molecule has 0 bridgehead atoms. The fourth-order valence-electron chi connectivity index (χ4n) is 6.49. The first-order chi connectivity index (χ1) is 21.3. The van der Waals surface area contributed by atoms with E-state index in [0.717, 1.165) is 50.1 Å². The number of rotatable bonds is 4. The molecule has 2 heterocycles. The first kappa shape index (κ1) is 24.2. The fraction of sp³-hybridized carbons (Fsp3) is 0. The summed E-state index contributed by atoms with van der Waals surface area (Å²) in [5.74, 6) is 0. The van der Waals surface area contributed by atoms with Crippen LogP contribution in [0.5, 0.6) is 0 Å². The van der Waals surface area contributed by atoms with Gasteiger partial charge in [0.2, 0.25) is 0 Å². The molecular formula is C40H25NOS. The van der Waals surface area contributed by atoms with Crippen LogP contribution >= 0.6 is 11.3 Å². The molecule has 0 amide bonds. The number of hydrogen-bond acceptors (Lipinski definition) is 3. The van der Waals surface area contributed by atoms with Gasteiger partial charge in [0, 0.05) is 53.3 Å². The molecule has 43 heavy (non-hydrogen) atoms. The highest BCUT2D eigenvalue weighted by Crippen LogP contribution is 2.44. The topological polar surface area (TPSA) is 16.4 Å². The maximum Gasteiger partial charge on any atom is 0.144 e. The van der Waals surface area contributed by atoms with E-state index in [1.165, 1.54) is 30.9 Å². The van der Waals surface area contributed by atoms with E-state index >= 15 is 0 Å². The van der Waals surface area contributed by atoms with Crippen LogP contribution in [0, 0.1) is 0 Å². The van der Waals surface area contributed by atoms with Gasteiger partial charge in [0.05, 0.1) is 5.69 Å². The SMILES string of the molecule is c1ccc(N(c2ccc(-c3cccc4c3oc3c4ccc4sc5ccccc5c43)cc2)c2cccc3ccccc23)cc1. The first-order valence-corrected chi connectivity index (χ1v) is 15.3. The van der Waals surface area contributed by atoms with Gasteiger partial charge in [-0.05, 0) is 59.5 Å². The molecule has 0 atom stereocenters. The Balaban J connectivity index is 1.21. The lowest BCUT2D eigenvalue weighted by Crippen LogP contribution is -2.10. The number of benzene rings is 7. The van der Waals surface area contributed by atoms with Crippen molar-refractivity contribution in [2.75, 3.05) is 4.90 Å². The predicted octanol–water partition coefficient (Wildman–Crippen LogP) is 12.2. The van der Waals surface area contributed by atoms with Crippen molar-refractivity contribution in [2.45, 2.75) is 0 Å². The number of furan rings is 1. The molecule has 202 valence electrons. The minimum atomic E-state index is 0.932. The Labute approximate surface area is 252 Å².